The van der Waals surface area contributed by atoms with Gasteiger partial charge >= 0.3 is 0 Å². The highest BCUT2D eigenvalue weighted by Crippen LogP contribution is 2.21. The summed E-state index contributed by atoms with van der Waals surface area (Å²) in [5.41, 5.74) is 1.06. The summed E-state index contributed by atoms with van der Waals surface area (Å²) >= 11 is 0. The maximum Gasteiger partial charge on any atom is 0.244 e. The first-order chi connectivity index (χ1) is 16.7. The topological polar surface area (TPSA) is 86.8 Å². The second-order valence-corrected chi connectivity index (χ2v) is 10.9. The van der Waals surface area contributed by atoms with Gasteiger partial charge in [0.1, 0.15) is 18.4 Å². The average Bonchev–Trinajstić information content (AvgIpc) is 3.32. The molecule has 0 radical (unpaired) electrons. The van der Waals surface area contributed by atoms with Crippen molar-refractivity contribution in [2.24, 2.45) is 0 Å². The van der Waals surface area contributed by atoms with Gasteiger partial charge in [0.05, 0.1) is 11.9 Å². The predicted octanol–water partition coefficient (Wildman–Crippen LogP) is 3.50. The van der Waals surface area contributed by atoms with E-state index in [1.165, 1.54) is 23.1 Å². The van der Waals surface area contributed by atoms with E-state index in [1.54, 1.807) is 0 Å². The first-order valence-electron chi connectivity index (χ1n) is 12.1. The summed E-state index contributed by atoms with van der Waals surface area (Å²) in [5, 5.41) is 3.07. The molecule has 0 bridgehead atoms. The molecule has 0 unspecified atom stereocenters. The zero-order valence-corrected chi connectivity index (χ0v) is 21.1. The molecule has 2 aromatic rings. The van der Waals surface area contributed by atoms with Gasteiger partial charge in [-0.3, -0.25) is 13.9 Å². The standard InChI is InChI=1S/C26H34FN3O4S/c1-3-24(26(32)28-22-13-7-8-14-22)29(17-16-20-10-5-4-6-11-20)25(31)19-30(35(2,33)34)23-15-9-12-21(27)18-23/h4-6,9-12,15,18,22,24H,3,7-8,13-14,16-17,19H2,1-2H3,(H,28,32)/t24-/m0/s1. The van der Waals surface area contributed by atoms with Crippen LogP contribution >= 0.6 is 0 Å². The van der Waals surface area contributed by atoms with E-state index in [9.17, 15) is 22.4 Å². The highest BCUT2D eigenvalue weighted by atomic mass is 32.2. The lowest BCUT2D eigenvalue weighted by Crippen LogP contribution is -2.54. The summed E-state index contributed by atoms with van der Waals surface area (Å²) in [6.45, 7) is 1.56. The van der Waals surface area contributed by atoms with Crippen LogP contribution in [0, 0.1) is 5.82 Å². The molecule has 2 aromatic carbocycles. The third kappa shape index (κ3) is 7.52. The van der Waals surface area contributed by atoms with Crippen molar-refractivity contribution in [3.63, 3.8) is 0 Å². The van der Waals surface area contributed by atoms with Crippen molar-refractivity contribution in [3.8, 4) is 0 Å². The van der Waals surface area contributed by atoms with E-state index in [-0.39, 0.29) is 24.2 Å². The minimum Gasteiger partial charge on any atom is -0.352 e. The summed E-state index contributed by atoms with van der Waals surface area (Å²) < 4.78 is 39.8. The van der Waals surface area contributed by atoms with Gasteiger partial charge in [-0.15, -0.1) is 0 Å². The van der Waals surface area contributed by atoms with Gasteiger partial charge in [0.2, 0.25) is 21.8 Å². The Kier molecular flexibility index (Phi) is 9.26. The summed E-state index contributed by atoms with van der Waals surface area (Å²) in [5.74, 6) is -1.34. The molecular weight excluding hydrogens is 469 g/mol. The number of rotatable bonds is 11. The van der Waals surface area contributed by atoms with Gasteiger partial charge in [0.25, 0.3) is 0 Å². The number of carbonyl (C=O) groups is 2. The molecular formula is C26H34FN3O4S. The SMILES string of the molecule is CC[C@@H](C(=O)NC1CCCC1)N(CCc1ccccc1)C(=O)CN(c1cccc(F)c1)S(C)(=O)=O. The molecule has 190 valence electrons. The third-order valence-corrected chi connectivity index (χ3v) is 7.49. The average molecular weight is 504 g/mol. The van der Waals surface area contributed by atoms with E-state index < -0.39 is 34.3 Å². The number of hydrogen-bond acceptors (Lipinski definition) is 4. The van der Waals surface area contributed by atoms with Crippen LogP contribution in [-0.2, 0) is 26.0 Å². The van der Waals surface area contributed by atoms with Crippen LogP contribution in [0.1, 0.15) is 44.6 Å². The van der Waals surface area contributed by atoms with Crippen molar-refractivity contribution in [2.75, 3.05) is 23.7 Å². The minimum absolute atomic E-state index is 0.0623. The van der Waals surface area contributed by atoms with Crippen molar-refractivity contribution in [2.45, 2.75) is 57.5 Å². The maximum absolute atomic E-state index is 13.8. The van der Waals surface area contributed by atoms with E-state index in [2.05, 4.69) is 5.32 Å². The van der Waals surface area contributed by atoms with Crippen molar-refractivity contribution in [1.82, 2.24) is 10.2 Å². The molecule has 1 fully saturated rings. The number of nitrogens with zero attached hydrogens (tertiary/aromatic N) is 2. The molecule has 35 heavy (non-hydrogen) atoms. The van der Waals surface area contributed by atoms with Crippen LogP contribution in [0.15, 0.2) is 54.6 Å². The molecule has 1 atom stereocenters. The predicted molar refractivity (Wildman–Crippen MR) is 135 cm³/mol. The molecule has 1 aliphatic rings. The molecule has 1 N–H and O–H groups in total. The van der Waals surface area contributed by atoms with Crippen molar-refractivity contribution >= 4 is 27.5 Å². The number of nitrogens with one attached hydrogen (secondary N) is 1. The highest BCUT2D eigenvalue weighted by Gasteiger charge is 2.32. The fourth-order valence-electron chi connectivity index (χ4n) is 4.51. The van der Waals surface area contributed by atoms with Crippen molar-refractivity contribution < 1.29 is 22.4 Å². The number of halogens is 1. The molecule has 0 saturated heterocycles. The molecule has 2 amide bonds. The Bertz CT molecular complexity index is 1100. The van der Waals surface area contributed by atoms with Crippen LogP contribution in [0.25, 0.3) is 0 Å². The number of anilines is 1. The third-order valence-electron chi connectivity index (χ3n) is 6.35. The highest BCUT2D eigenvalue weighted by molar-refractivity contribution is 7.92. The summed E-state index contributed by atoms with van der Waals surface area (Å²) in [4.78, 5) is 28.2. The van der Waals surface area contributed by atoms with Crippen molar-refractivity contribution in [3.05, 3.63) is 66.0 Å². The summed E-state index contributed by atoms with van der Waals surface area (Å²) in [6.07, 6.45) is 5.84. The van der Waals surface area contributed by atoms with E-state index >= 15 is 0 Å². The first-order valence-corrected chi connectivity index (χ1v) is 13.9. The van der Waals surface area contributed by atoms with Crippen molar-refractivity contribution in [1.29, 1.82) is 0 Å². The second kappa shape index (κ2) is 12.2. The molecule has 0 aromatic heterocycles. The fourth-order valence-corrected chi connectivity index (χ4v) is 5.35. The summed E-state index contributed by atoms with van der Waals surface area (Å²) in [6, 6.07) is 14.1. The van der Waals surface area contributed by atoms with Gasteiger partial charge in [-0.2, -0.15) is 0 Å². The van der Waals surface area contributed by atoms with E-state index in [0.29, 0.717) is 12.8 Å². The zero-order valence-electron chi connectivity index (χ0n) is 20.3. The van der Waals surface area contributed by atoms with Gasteiger partial charge in [-0.25, -0.2) is 12.8 Å². The lowest BCUT2D eigenvalue weighted by atomic mass is 10.1. The van der Waals surface area contributed by atoms with Gasteiger partial charge in [-0.05, 0) is 49.4 Å². The Labute approximate surface area is 207 Å². The van der Waals surface area contributed by atoms with Crippen LogP contribution in [0.3, 0.4) is 0 Å². The normalized spacial score (nSPS) is 14.9. The summed E-state index contributed by atoms with van der Waals surface area (Å²) in [7, 11) is -3.88. The van der Waals surface area contributed by atoms with Crippen LogP contribution in [0.2, 0.25) is 0 Å². The fraction of sp³-hybridized carbons (Fsp3) is 0.462. The number of hydrogen-bond donors (Lipinski definition) is 1. The zero-order chi connectivity index (χ0) is 25.4. The number of amides is 2. The maximum atomic E-state index is 13.8. The molecule has 3 rings (SSSR count). The van der Waals surface area contributed by atoms with Gasteiger partial charge in [0, 0.05) is 12.6 Å². The molecule has 0 spiro atoms. The Hall–Kier alpha value is -2.94. The molecule has 0 aliphatic heterocycles. The van der Waals surface area contributed by atoms with Crippen LogP contribution in [0.5, 0.6) is 0 Å². The Balaban J connectivity index is 1.86. The molecule has 9 heteroatoms. The lowest BCUT2D eigenvalue weighted by Gasteiger charge is -2.33. The van der Waals surface area contributed by atoms with E-state index in [4.69, 9.17) is 0 Å². The molecule has 0 heterocycles. The van der Waals surface area contributed by atoms with Crippen LogP contribution in [0.4, 0.5) is 10.1 Å². The molecule has 1 aliphatic carbocycles. The lowest BCUT2D eigenvalue weighted by molar-refractivity contribution is -0.139. The first kappa shape index (κ1) is 26.7. The largest absolute Gasteiger partial charge is 0.352 e. The van der Waals surface area contributed by atoms with Gasteiger partial charge in [-0.1, -0.05) is 56.2 Å². The van der Waals surface area contributed by atoms with Crippen LogP contribution in [-0.4, -0.2) is 56.6 Å². The Morgan fingerprint density at radius 3 is 2.37 bits per heavy atom. The Morgan fingerprint density at radius 2 is 1.77 bits per heavy atom. The number of benzene rings is 2. The monoisotopic (exact) mass is 503 g/mol. The number of carbonyl (C=O) groups excluding carboxylic acids is 2. The van der Waals surface area contributed by atoms with Gasteiger partial charge in [0.15, 0.2) is 0 Å². The van der Waals surface area contributed by atoms with E-state index in [0.717, 1.165) is 47.9 Å². The van der Waals surface area contributed by atoms with Gasteiger partial charge < -0.3 is 10.2 Å². The molecule has 1 saturated carbocycles. The van der Waals surface area contributed by atoms with Crippen LogP contribution < -0.4 is 9.62 Å². The minimum atomic E-state index is -3.88. The molecule has 7 nitrogen and oxygen atoms in total. The smallest absolute Gasteiger partial charge is 0.244 e. The van der Waals surface area contributed by atoms with E-state index in [1.807, 2.05) is 37.3 Å². The number of sulfonamides is 1. The second-order valence-electron chi connectivity index (χ2n) is 8.99. The quantitative estimate of drug-likeness (QED) is 0.509. The Morgan fingerprint density at radius 1 is 1.09 bits per heavy atom.